The zero-order valence-electron chi connectivity index (χ0n) is 16.7. The molecule has 0 heterocycles. The Kier molecular flexibility index (Phi) is 6.64. The van der Waals surface area contributed by atoms with Gasteiger partial charge in [-0.15, -0.1) is 0 Å². The minimum absolute atomic E-state index is 0.0515. The van der Waals surface area contributed by atoms with Gasteiger partial charge in [0, 0.05) is 31.6 Å². The smallest absolute Gasteiger partial charge is 0.222 e. The molecule has 2 aromatic rings. The Labute approximate surface area is 167 Å². The Morgan fingerprint density at radius 2 is 1.93 bits per heavy atom. The van der Waals surface area contributed by atoms with Crippen molar-refractivity contribution in [3.63, 3.8) is 0 Å². The van der Waals surface area contributed by atoms with E-state index in [9.17, 15) is 9.59 Å². The van der Waals surface area contributed by atoms with Gasteiger partial charge in [0.1, 0.15) is 0 Å². The molecular formula is C24H28N2O2. The Hall–Kier alpha value is -2.88. The third kappa shape index (κ3) is 4.89. The van der Waals surface area contributed by atoms with Gasteiger partial charge in [0.25, 0.3) is 0 Å². The van der Waals surface area contributed by atoms with Gasteiger partial charge >= 0.3 is 0 Å². The molecule has 1 atom stereocenters. The first-order valence-electron chi connectivity index (χ1n) is 9.98. The number of hydrogen-bond donors (Lipinski definition) is 1. The van der Waals surface area contributed by atoms with Crippen molar-refractivity contribution in [2.24, 2.45) is 0 Å². The van der Waals surface area contributed by atoms with Crippen LogP contribution >= 0.6 is 0 Å². The highest BCUT2D eigenvalue weighted by Gasteiger charge is 2.27. The zero-order chi connectivity index (χ0) is 19.9. The Bertz CT molecular complexity index is 858. The maximum atomic E-state index is 12.6. The molecule has 0 saturated carbocycles. The lowest BCUT2D eigenvalue weighted by molar-refractivity contribution is -0.132. The standard InChI is InChI=1S/C24H28N2O2/c1-3-24(28)26(16-8-11-19-9-5-4-6-10-19)21-14-15-22-20(17-21)12-7-13-23(22)25-18(2)27/h4-13,21H,3,14-17H2,1-2H3,(H,25,27). The second kappa shape index (κ2) is 9.36. The number of rotatable bonds is 6. The van der Waals surface area contributed by atoms with Gasteiger partial charge in [0.05, 0.1) is 0 Å². The van der Waals surface area contributed by atoms with Crippen LogP contribution in [0.4, 0.5) is 5.69 Å². The number of anilines is 1. The normalized spacial score (nSPS) is 15.9. The van der Waals surface area contributed by atoms with E-state index in [-0.39, 0.29) is 17.9 Å². The summed E-state index contributed by atoms with van der Waals surface area (Å²) in [5.74, 6) is 0.133. The molecule has 0 aromatic heterocycles. The molecule has 0 fully saturated rings. The van der Waals surface area contributed by atoms with Crippen molar-refractivity contribution in [3.8, 4) is 0 Å². The summed E-state index contributed by atoms with van der Waals surface area (Å²) in [6.07, 6.45) is 7.26. The fourth-order valence-corrected chi connectivity index (χ4v) is 3.88. The summed E-state index contributed by atoms with van der Waals surface area (Å²) in [6, 6.07) is 16.4. The second-order valence-corrected chi connectivity index (χ2v) is 7.23. The van der Waals surface area contributed by atoms with E-state index in [2.05, 4.69) is 35.7 Å². The van der Waals surface area contributed by atoms with Gasteiger partial charge < -0.3 is 10.2 Å². The molecule has 1 aliphatic rings. The van der Waals surface area contributed by atoms with E-state index >= 15 is 0 Å². The number of hydrogen-bond acceptors (Lipinski definition) is 2. The lowest BCUT2D eigenvalue weighted by Gasteiger charge is -2.35. The largest absolute Gasteiger partial charge is 0.336 e. The molecule has 0 radical (unpaired) electrons. The third-order valence-electron chi connectivity index (χ3n) is 5.24. The van der Waals surface area contributed by atoms with E-state index in [1.807, 2.05) is 42.2 Å². The quantitative estimate of drug-likeness (QED) is 0.809. The van der Waals surface area contributed by atoms with Crippen LogP contribution in [-0.4, -0.2) is 29.3 Å². The average Bonchev–Trinajstić information content (AvgIpc) is 2.71. The number of fused-ring (bicyclic) bond motifs is 1. The van der Waals surface area contributed by atoms with Crippen LogP contribution in [0.2, 0.25) is 0 Å². The second-order valence-electron chi connectivity index (χ2n) is 7.23. The van der Waals surface area contributed by atoms with Crippen LogP contribution in [0.5, 0.6) is 0 Å². The minimum atomic E-state index is -0.0515. The molecule has 1 unspecified atom stereocenters. The first-order chi connectivity index (χ1) is 13.6. The Morgan fingerprint density at radius 3 is 2.64 bits per heavy atom. The molecule has 0 bridgehead atoms. The first kappa shape index (κ1) is 19.9. The van der Waals surface area contributed by atoms with Crippen molar-refractivity contribution in [1.29, 1.82) is 0 Å². The van der Waals surface area contributed by atoms with E-state index < -0.39 is 0 Å². The van der Waals surface area contributed by atoms with E-state index in [1.54, 1.807) is 0 Å². The van der Waals surface area contributed by atoms with E-state index in [1.165, 1.54) is 18.1 Å². The fourth-order valence-electron chi connectivity index (χ4n) is 3.88. The summed E-state index contributed by atoms with van der Waals surface area (Å²) in [6.45, 7) is 4.07. The predicted molar refractivity (Wildman–Crippen MR) is 114 cm³/mol. The lowest BCUT2D eigenvalue weighted by Crippen LogP contribution is -2.43. The van der Waals surface area contributed by atoms with Crippen LogP contribution < -0.4 is 5.32 Å². The molecule has 28 heavy (non-hydrogen) atoms. The average molecular weight is 377 g/mol. The van der Waals surface area contributed by atoms with Crippen LogP contribution in [0.15, 0.2) is 54.6 Å². The molecule has 2 aromatic carbocycles. The van der Waals surface area contributed by atoms with Crippen molar-refractivity contribution < 1.29 is 9.59 Å². The molecule has 1 aliphatic carbocycles. The number of benzene rings is 2. The number of carbonyl (C=O) groups is 2. The van der Waals surface area contributed by atoms with Crippen molar-refractivity contribution >= 4 is 23.6 Å². The summed E-state index contributed by atoms with van der Waals surface area (Å²) >= 11 is 0. The summed E-state index contributed by atoms with van der Waals surface area (Å²) in [5, 5.41) is 2.93. The van der Waals surface area contributed by atoms with Crippen molar-refractivity contribution in [3.05, 3.63) is 71.3 Å². The number of amides is 2. The molecular weight excluding hydrogens is 348 g/mol. The van der Waals surface area contributed by atoms with Crippen LogP contribution in [-0.2, 0) is 22.4 Å². The summed E-state index contributed by atoms with van der Waals surface area (Å²) in [7, 11) is 0. The van der Waals surface area contributed by atoms with Crippen LogP contribution in [0.1, 0.15) is 43.4 Å². The molecule has 3 rings (SSSR count). The van der Waals surface area contributed by atoms with Crippen molar-refractivity contribution in [2.45, 2.75) is 45.6 Å². The van der Waals surface area contributed by atoms with Gasteiger partial charge in [-0.25, -0.2) is 0 Å². The maximum Gasteiger partial charge on any atom is 0.222 e. The maximum absolute atomic E-state index is 12.6. The van der Waals surface area contributed by atoms with E-state index in [0.29, 0.717) is 13.0 Å². The van der Waals surface area contributed by atoms with Crippen LogP contribution in [0, 0.1) is 0 Å². The van der Waals surface area contributed by atoms with Gasteiger partial charge in [0.15, 0.2) is 0 Å². The van der Waals surface area contributed by atoms with Gasteiger partial charge in [-0.3, -0.25) is 9.59 Å². The van der Waals surface area contributed by atoms with Gasteiger partial charge in [-0.1, -0.05) is 61.5 Å². The summed E-state index contributed by atoms with van der Waals surface area (Å²) in [5.41, 5.74) is 4.47. The molecule has 0 spiro atoms. The summed E-state index contributed by atoms with van der Waals surface area (Å²) in [4.78, 5) is 26.1. The number of nitrogens with one attached hydrogen (secondary N) is 1. The van der Waals surface area contributed by atoms with Gasteiger partial charge in [0.2, 0.25) is 11.8 Å². The SMILES string of the molecule is CCC(=O)N(CC=Cc1ccccc1)C1CCc2c(cccc2NC(C)=O)C1. The molecule has 0 saturated heterocycles. The summed E-state index contributed by atoms with van der Waals surface area (Å²) < 4.78 is 0. The minimum Gasteiger partial charge on any atom is -0.336 e. The molecule has 0 aliphatic heterocycles. The van der Waals surface area contributed by atoms with Crippen molar-refractivity contribution in [1.82, 2.24) is 4.90 Å². The highest BCUT2D eigenvalue weighted by molar-refractivity contribution is 5.89. The fraction of sp³-hybridized carbons (Fsp3) is 0.333. The monoisotopic (exact) mass is 376 g/mol. The Morgan fingerprint density at radius 1 is 1.14 bits per heavy atom. The van der Waals surface area contributed by atoms with E-state index in [0.717, 1.165) is 30.5 Å². The first-order valence-corrected chi connectivity index (χ1v) is 9.98. The molecule has 1 N–H and O–H groups in total. The van der Waals surface area contributed by atoms with Gasteiger partial charge in [-0.2, -0.15) is 0 Å². The van der Waals surface area contributed by atoms with Gasteiger partial charge in [-0.05, 0) is 42.0 Å². The van der Waals surface area contributed by atoms with Crippen LogP contribution in [0.25, 0.3) is 6.08 Å². The van der Waals surface area contributed by atoms with E-state index in [4.69, 9.17) is 0 Å². The highest BCUT2D eigenvalue weighted by Crippen LogP contribution is 2.30. The number of carbonyl (C=O) groups excluding carboxylic acids is 2. The topological polar surface area (TPSA) is 49.4 Å². The Balaban J connectivity index is 1.75. The third-order valence-corrected chi connectivity index (χ3v) is 5.24. The molecule has 2 amide bonds. The lowest BCUT2D eigenvalue weighted by atomic mass is 9.86. The van der Waals surface area contributed by atoms with Crippen LogP contribution in [0.3, 0.4) is 0 Å². The highest BCUT2D eigenvalue weighted by atomic mass is 16.2. The van der Waals surface area contributed by atoms with Crippen molar-refractivity contribution in [2.75, 3.05) is 11.9 Å². The molecule has 4 heteroatoms. The molecule has 146 valence electrons. The number of nitrogens with zero attached hydrogens (tertiary/aromatic N) is 1. The molecule has 4 nitrogen and oxygen atoms in total. The predicted octanol–water partition coefficient (Wildman–Crippen LogP) is 4.45. The zero-order valence-corrected chi connectivity index (χ0v) is 16.7.